The Hall–Kier alpha value is -0.610. The lowest BCUT2D eigenvalue weighted by Crippen LogP contribution is -2.49. The molecule has 0 aromatic heterocycles. The van der Waals surface area contributed by atoms with E-state index in [2.05, 4.69) is 36.3 Å². The zero-order chi connectivity index (χ0) is 14.6. The van der Waals surface area contributed by atoms with Gasteiger partial charge >= 0.3 is 0 Å². The second-order valence-electron chi connectivity index (χ2n) is 6.90. The molecule has 2 fully saturated rings. The second-order valence-corrected chi connectivity index (χ2v) is 6.90. The van der Waals surface area contributed by atoms with E-state index in [4.69, 9.17) is 0 Å². The summed E-state index contributed by atoms with van der Waals surface area (Å²) in [6.07, 6.45) is 4.84. The Kier molecular flexibility index (Phi) is 5.44. The molecule has 1 amide bonds. The van der Waals surface area contributed by atoms with Crippen molar-refractivity contribution in [1.82, 2.24) is 15.5 Å². The van der Waals surface area contributed by atoms with E-state index in [1.807, 2.05) is 0 Å². The van der Waals surface area contributed by atoms with Crippen molar-refractivity contribution in [3.63, 3.8) is 0 Å². The molecule has 2 atom stereocenters. The van der Waals surface area contributed by atoms with Crippen molar-refractivity contribution >= 4 is 5.91 Å². The van der Waals surface area contributed by atoms with E-state index in [1.165, 1.54) is 25.8 Å². The van der Waals surface area contributed by atoms with E-state index in [1.54, 1.807) is 0 Å². The quantitative estimate of drug-likeness (QED) is 0.805. The molecule has 0 aromatic rings. The number of likely N-dealkylation sites (N-methyl/N-ethyl adjacent to an activating group) is 1. The molecule has 2 aliphatic heterocycles. The van der Waals surface area contributed by atoms with Crippen LogP contribution < -0.4 is 10.6 Å². The summed E-state index contributed by atoms with van der Waals surface area (Å²) in [5, 5.41) is 6.64. The number of hydrogen-bond donors (Lipinski definition) is 2. The first-order valence-corrected chi connectivity index (χ1v) is 8.28. The molecule has 2 unspecified atom stereocenters. The number of nitrogens with one attached hydrogen (secondary N) is 2. The maximum atomic E-state index is 12.6. The highest BCUT2D eigenvalue weighted by Crippen LogP contribution is 2.32. The van der Waals surface area contributed by atoms with Crippen LogP contribution in [0.2, 0.25) is 0 Å². The van der Waals surface area contributed by atoms with Crippen molar-refractivity contribution < 1.29 is 4.79 Å². The summed E-state index contributed by atoms with van der Waals surface area (Å²) in [5.74, 6) is 0.691. The zero-order valence-corrected chi connectivity index (χ0v) is 13.4. The fourth-order valence-electron chi connectivity index (χ4n) is 3.63. The summed E-state index contributed by atoms with van der Waals surface area (Å²) in [7, 11) is 0. The summed E-state index contributed by atoms with van der Waals surface area (Å²) in [6.45, 7) is 11.6. The molecule has 0 aliphatic carbocycles. The third-order valence-corrected chi connectivity index (χ3v) is 5.31. The van der Waals surface area contributed by atoms with E-state index in [-0.39, 0.29) is 11.3 Å². The van der Waals surface area contributed by atoms with Crippen LogP contribution in [0.1, 0.15) is 46.5 Å². The molecule has 2 N–H and O–H groups in total. The number of rotatable bonds is 5. The Morgan fingerprint density at radius 2 is 2.15 bits per heavy atom. The van der Waals surface area contributed by atoms with Gasteiger partial charge in [0.2, 0.25) is 5.91 Å². The standard InChI is InChI=1S/C16H31N3O/c1-4-19-10-6-8-14(19)12-18-15(20)16(2,3)13-7-5-9-17-11-13/h13-14,17H,4-12H2,1-3H3,(H,18,20). The summed E-state index contributed by atoms with van der Waals surface area (Å²) in [6, 6.07) is 0.546. The number of hydrogen-bond acceptors (Lipinski definition) is 3. The second kappa shape index (κ2) is 6.90. The van der Waals surface area contributed by atoms with Gasteiger partial charge in [0.1, 0.15) is 0 Å². The molecule has 116 valence electrons. The molecule has 0 saturated carbocycles. The Morgan fingerprint density at radius 3 is 2.80 bits per heavy atom. The van der Waals surface area contributed by atoms with Gasteiger partial charge in [0.15, 0.2) is 0 Å². The third-order valence-electron chi connectivity index (χ3n) is 5.31. The van der Waals surface area contributed by atoms with E-state index in [0.29, 0.717) is 12.0 Å². The lowest BCUT2D eigenvalue weighted by molar-refractivity contribution is -0.132. The van der Waals surface area contributed by atoms with Crippen molar-refractivity contribution in [2.75, 3.05) is 32.7 Å². The van der Waals surface area contributed by atoms with Crippen LogP contribution in [0, 0.1) is 11.3 Å². The van der Waals surface area contributed by atoms with Gasteiger partial charge in [0, 0.05) is 18.0 Å². The third kappa shape index (κ3) is 3.53. The van der Waals surface area contributed by atoms with Gasteiger partial charge in [-0.2, -0.15) is 0 Å². The predicted octanol–water partition coefficient (Wildman–Crippen LogP) is 1.61. The Labute approximate surface area is 123 Å². The minimum Gasteiger partial charge on any atom is -0.354 e. The molecule has 2 saturated heterocycles. The van der Waals surface area contributed by atoms with Gasteiger partial charge in [0.05, 0.1) is 0 Å². The molecule has 0 spiro atoms. The van der Waals surface area contributed by atoms with Crippen LogP contribution in [0.5, 0.6) is 0 Å². The smallest absolute Gasteiger partial charge is 0.226 e. The van der Waals surface area contributed by atoms with E-state index in [0.717, 1.165) is 32.6 Å². The number of piperidine rings is 1. The fourth-order valence-corrected chi connectivity index (χ4v) is 3.63. The van der Waals surface area contributed by atoms with Gasteiger partial charge in [-0.1, -0.05) is 20.8 Å². The molecule has 4 nitrogen and oxygen atoms in total. The van der Waals surface area contributed by atoms with Gasteiger partial charge in [-0.15, -0.1) is 0 Å². The Bertz CT molecular complexity index is 324. The summed E-state index contributed by atoms with van der Waals surface area (Å²) >= 11 is 0. The van der Waals surface area contributed by atoms with Crippen LogP contribution in [0.15, 0.2) is 0 Å². The average Bonchev–Trinajstić information content (AvgIpc) is 2.93. The van der Waals surface area contributed by atoms with Gasteiger partial charge in [-0.05, 0) is 57.8 Å². The summed E-state index contributed by atoms with van der Waals surface area (Å²) in [5.41, 5.74) is -0.261. The first-order chi connectivity index (χ1) is 9.55. The lowest BCUT2D eigenvalue weighted by atomic mass is 9.74. The first-order valence-electron chi connectivity index (χ1n) is 8.28. The molecule has 0 aromatic carbocycles. The van der Waals surface area contributed by atoms with E-state index >= 15 is 0 Å². The number of nitrogens with zero attached hydrogens (tertiary/aromatic N) is 1. The van der Waals surface area contributed by atoms with Gasteiger partial charge in [-0.3, -0.25) is 9.69 Å². The molecule has 0 radical (unpaired) electrons. The van der Waals surface area contributed by atoms with Crippen molar-refractivity contribution in [3.8, 4) is 0 Å². The minimum absolute atomic E-state index is 0.231. The maximum Gasteiger partial charge on any atom is 0.226 e. The minimum atomic E-state index is -0.261. The molecule has 4 heteroatoms. The number of likely N-dealkylation sites (tertiary alicyclic amines) is 1. The summed E-state index contributed by atoms with van der Waals surface area (Å²) < 4.78 is 0. The SMILES string of the molecule is CCN1CCCC1CNC(=O)C(C)(C)C1CCCNC1. The van der Waals surface area contributed by atoms with E-state index in [9.17, 15) is 4.79 Å². The van der Waals surface area contributed by atoms with Gasteiger partial charge in [-0.25, -0.2) is 0 Å². The van der Waals surface area contributed by atoms with Crippen LogP contribution in [-0.2, 0) is 4.79 Å². The Balaban J connectivity index is 1.83. The first kappa shape index (κ1) is 15.8. The van der Waals surface area contributed by atoms with Crippen LogP contribution in [0.4, 0.5) is 0 Å². The molecule has 2 rings (SSSR count). The Morgan fingerprint density at radius 1 is 1.35 bits per heavy atom. The molecule has 2 aliphatic rings. The summed E-state index contributed by atoms with van der Waals surface area (Å²) in [4.78, 5) is 15.0. The highest BCUT2D eigenvalue weighted by molar-refractivity contribution is 5.82. The average molecular weight is 281 g/mol. The van der Waals surface area contributed by atoms with Crippen LogP contribution in [-0.4, -0.2) is 49.6 Å². The molecule has 2 heterocycles. The topological polar surface area (TPSA) is 44.4 Å². The fraction of sp³-hybridized carbons (Fsp3) is 0.938. The monoisotopic (exact) mass is 281 g/mol. The molecule has 0 bridgehead atoms. The number of carbonyl (C=O) groups is 1. The highest BCUT2D eigenvalue weighted by atomic mass is 16.2. The van der Waals surface area contributed by atoms with Crippen molar-refractivity contribution in [2.45, 2.75) is 52.5 Å². The highest BCUT2D eigenvalue weighted by Gasteiger charge is 2.37. The van der Waals surface area contributed by atoms with Gasteiger partial charge in [0.25, 0.3) is 0 Å². The van der Waals surface area contributed by atoms with Crippen molar-refractivity contribution in [1.29, 1.82) is 0 Å². The number of amides is 1. The maximum absolute atomic E-state index is 12.6. The van der Waals surface area contributed by atoms with Crippen LogP contribution in [0.3, 0.4) is 0 Å². The zero-order valence-electron chi connectivity index (χ0n) is 13.4. The molecular weight excluding hydrogens is 250 g/mol. The molecular formula is C16H31N3O. The van der Waals surface area contributed by atoms with Crippen molar-refractivity contribution in [3.05, 3.63) is 0 Å². The van der Waals surface area contributed by atoms with Crippen LogP contribution >= 0.6 is 0 Å². The van der Waals surface area contributed by atoms with E-state index < -0.39 is 0 Å². The largest absolute Gasteiger partial charge is 0.354 e. The normalized spacial score (nSPS) is 28.6. The van der Waals surface area contributed by atoms with Crippen LogP contribution in [0.25, 0.3) is 0 Å². The van der Waals surface area contributed by atoms with Gasteiger partial charge < -0.3 is 10.6 Å². The number of carbonyl (C=O) groups excluding carboxylic acids is 1. The lowest BCUT2D eigenvalue weighted by Gasteiger charge is -2.36. The predicted molar refractivity (Wildman–Crippen MR) is 82.7 cm³/mol. The molecule has 20 heavy (non-hydrogen) atoms. The van der Waals surface area contributed by atoms with Crippen molar-refractivity contribution in [2.24, 2.45) is 11.3 Å².